The second kappa shape index (κ2) is 6.87. The topological polar surface area (TPSA) is 55.1 Å². The first kappa shape index (κ1) is 14.3. The Balaban J connectivity index is 1.97. The predicted molar refractivity (Wildman–Crippen MR) is 82.6 cm³/mol. The van der Waals surface area contributed by atoms with E-state index in [0.717, 1.165) is 17.7 Å². The minimum Gasteiger partial charge on any atom is -0.325 e. The molecule has 1 amide bonds. The maximum absolute atomic E-state index is 12.1. The Bertz CT molecular complexity index is 566. The van der Waals surface area contributed by atoms with Crippen LogP contribution in [0.4, 0.5) is 5.69 Å². The fourth-order valence-corrected chi connectivity index (χ4v) is 2.06. The molecule has 20 heavy (non-hydrogen) atoms. The van der Waals surface area contributed by atoms with Gasteiger partial charge >= 0.3 is 0 Å². The summed E-state index contributed by atoms with van der Waals surface area (Å²) in [5.41, 5.74) is 9.02. The van der Waals surface area contributed by atoms with Gasteiger partial charge in [-0.25, -0.2) is 0 Å². The number of carbonyl (C=O) groups excluding carboxylic acids is 1. The highest BCUT2D eigenvalue weighted by Crippen LogP contribution is 2.12. The number of benzene rings is 2. The highest BCUT2D eigenvalue weighted by molar-refractivity contribution is 5.94. The quantitative estimate of drug-likeness (QED) is 0.876. The van der Waals surface area contributed by atoms with Crippen LogP contribution in [0.5, 0.6) is 0 Å². The van der Waals surface area contributed by atoms with Crippen molar-refractivity contribution >= 4 is 11.6 Å². The van der Waals surface area contributed by atoms with E-state index in [0.29, 0.717) is 6.42 Å². The van der Waals surface area contributed by atoms with Crippen molar-refractivity contribution in [1.29, 1.82) is 0 Å². The molecule has 0 fully saturated rings. The van der Waals surface area contributed by atoms with E-state index in [9.17, 15) is 4.79 Å². The second-order valence-corrected chi connectivity index (χ2v) is 4.84. The Morgan fingerprint density at radius 3 is 2.50 bits per heavy atom. The molecule has 3 nitrogen and oxygen atoms in total. The number of aryl methyl sites for hydroxylation is 1. The van der Waals surface area contributed by atoms with Crippen LogP contribution in [0.25, 0.3) is 0 Å². The molecule has 0 saturated heterocycles. The largest absolute Gasteiger partial charge is 0.325 e. The van der Waals surface area contributed by atoms with Gasteiger partial charge in [-0.3, -0.25) is 4.79 Å². The van der Waals surface area contributed by atoms with Crippen LogP contribution in [0.1, 0.15) is 18.1 Å². The van der Waals surface area contributed by atoms with Gasteiger partial charge < -0.3 is 11.1 Å². The molecule has 0 saturated carbocycles. The van der Waals surface area contributed by atoms with Crippen LogP contribution in [0, 0.1) is 0 Å². The number of amides is 1. The predicted octanol–water partition coefficient (Wildman–Crippen LogP) is 2.76. The lowest BCUT2D eigenvalue weighted by atomic mass is 10.1. The summed E-state index contributed by atoms with van der Waals surface area (Å²) in [7, 11) is 0. The van der Waals surface area contributed by atoms with E-state index in [4.69, 9.17) is 5.73 Å². The molecule has 0 aliphatic heterocycles. The molecule has 0 heterocycles. The van der Waals surface area contributed by atoms with E-state index in [-0.39, 0.29) is 5.91 Å². The van der Waals surface area contributed by atoms with Gasteiger partial charge in [0.25, 0.3) is 0 Å². The lowest BCUT2D eigenvalue weighted by Gasteiger charge is -2.13. The summed E-state index contributed by atoms with van der Waals surface area (Å²) in [5.74, 6) is -0.151. The van der Waals surface area contributed by atoms with Crippen LogP contribution >= 0.6 is 0 Å². The molecule has 3 N–H and O–H groups in total. The lowest BCUT2D eigenvalue weighted by molar-refractivity contribution is -0.117. The lowest BCUT2D eigenvalue weighted by Crippen LogP contribution is -2.37. The molecular formula is C17H20N2O. The van der Waals surface area contributed by atoms with Crippen molar-refractivity contribution in [3.63, 3.8) is 0 Å². The Kier molecular flexibility index (Phi) is 4.91. The number of hydrogen-bond donors (Lipinski definition) is 2. The molecule has 2 aromatic rings. The summed E-state index contributed by atoms with van der Waals surface area (Å²) in [6.45, 7) is 2.09. The van der Waals surface area contributed by atoms with Gasteiger partial charge in [-0.15, -0.1) is 0 Å². The second-order valence-electron chi connectivity index (χ2n) is 4.84. The third-order valence-corrected chi connectivity index (χ3v) is 3.24. The molecule has 1 atom stereocenters. The summed E-state index contributed by atoms with van der Waals surface area (Å²) >= 11 is 0. The average molecular weight is 268 g/mol. The first-order chi connectivity index (χ1) is 9.69. The van der Waals surface area contributed by atoms with Crippen molar-refractivity contribution in [2.75, 3.05) is 5.32 Å². The molecule has 0 spiro atoms. The molecule has 0 unspecified atom stereocenters. The van der Waals surface area contributed by atoms with Crippen molar-refractivity contribution in [1.82, 2.24) is 0 Å². The molecular weight excluding hydrogens is 248 g/mol. The first-order valence-electron chi connectivity index (χ1n) is 6.88. The number of nitrogens with two attached hydrogens (primary N) is 1. The highest BCUT2D eigenvalue weighted by atomic mass is 16.2. The summed E-state index contributed by atoms with van der Waals surface area (Å²) in [4.78, 5) is 12.1. The highest BCUT2D eigenvalue weighted by Gasteiger charge is 2.14. The Labute approximate surface area is 119 Å². The van der Waals surface area contributed by atoms with Crippen LogP contribution in [0.2, 0.25) is 0 Å². The van der Waals surface area contributed by atoms with Gasteiger partial charge in [-0.05, 0) is 36.1 Å². The van der Waals surface area contributed by atoms with Crippen molar-refractivity contribution in [2.24, 2.45) is 5.73 Å². The maximum atomic E-state index is 12.1. The summed E-state index contributed by atoms with van der Waals surface area (Å²) in [6, 6.07) is 17.1. The van der Waals surface area contributed by atoms with Crippen LogP contribution in [0.15, 0.2) is 54.6 Å². The molecule has 104 valence electrons. The summed E-state index contributed by atoms with van der Waals surface area (Å²) < 4.78 is 0. The normalized spacial score (nSPS) is 11.9. The zero-order chi connectivity index (χ0) is 14.4. The maximum Gasteiger partial charge on any atom is 0.241 e. The molecule has 0 bridgehead atoms. The molecule has 2 aromatic carbocycles. The zero-order valence-electron chi connectivity index (χ0n) is 11.7. The fourth-order valence-electron chi connectivity index (χ4n) is 2.06. The third kappa shape index (κ3) is 3.93. The van der Waals surface area contributed by atoms with Gasteiger partial charge in [0.05, 0.1) is 6.04 Å². The van der Waals surface area contributed by atoms with E-state index in [1.807, 2.05) is 54.6 Å². The third-order valence-electron chi connectivity index (χ3n) is 3.24. The van der Waals surface area contributed by atoms with Gasteiger partial charge in [0.15, 0.2) is 0 Å². The Hall–Kier alpha value is -2.13. The van der Waals surface area contributed by atoms with Crippen molar-refractivity contribution < 1.29 is 4.79 Å². The number of carbonyl (C=O) groups is 1. The standard InChI is InChI=1S/C17H20N2O/c1-2-13-9-6-10-15(11-13)19-17(20)16(18)12-14-7-4-3-5-8-14/h3-11,16H,2,12,18H2,1H3,(H,19,20)/t16-/m0/s1. The fraction of sp³-hybridized carbons (Fsp3) is 0.235. The van der Waals surface area contributed by atoms with Gasteiger partial charge in [0, 0.05) is 5.69 Å². The average Bonchev–Trinajstić information content (AvgIpc) is 2.48. The minimum atomic E-state index is -0.539. The first-order valence-corrected chi connectivity index (χ1v) is 6.88. The molecule has 0 aliphatic carbocycles. The Morgan fingerprint density at radius 1 is 1.10 bits per heavy atom. The molecule has 0 aliphatic rings. The van der Waals surface area contributed by atoms with E-state index >= 15 is 0 Å². The molecule has 0 radical (unpaired) electrons. The number of anilines is 1. The summed E-state index contributed by atoms with van der Waals surface area (Å²) in [6.07, 6.45) is 1.49. The van der Waals surface area contributed by atoms with Crippen LogP contribution in [0.3, 0.4) is 0 Å². The van der Waals surface area contributed by atoms with E-state index in [2.05, 4.69) is 12.2 Å². The van der Waals surface area contributed by atoms with E-state index in [1.165, 1.54) is 5.56 Å². The Morgan fingerprint density at radius 2 is 1.80 bits per heavy atom. The van der Waals surface area contributed by atoms with Crippen molar-refractivity contribution in [3.8, 4) is 0 Å². The van der Waals surface area contributed by atoms with Crippen molar-refractivity contribution in [2.45, 2.75) is 25.8 Å². The number of nitrogens with one attached hydrogen (secondary N) is 1. The monoisotopic (exact) mass is 268 g/mol. The summed E-state index contributed by atoms with van der Waals surface area (Å²) in [5, 5.41) is 2.87. The van der Waals surface area contributed by atoms with Gasteiger partial charge in [0.2, 0.25) is 5.91 Å². The number of rotatable bonds is 5. The van der Waals surface area contributed by atoms with Crippen molar-refractivity contribution in [3.05, 3.63) is 65.7 Å². The van der Waals surface area contributed by atoms with Gasteiger partial charge in [-0.1, -0.05) is 49.4 Å². The van der Waals surface area contributed by atoms with Crippen LogP contribution in [-0.2, 0) is 17.6 Å². The number of hydrogen-bond acceptors (Lipinski definition) is 2. The SMILES string of the molecule is CCc1cccc(NC(=O)[C@@H](N)Cc2ccccc2)c1. The minimum absolute atomic E-state index is 0.151. The zero-order valence-corrected chi connectivity index (χ0v) is 11.7. The molecule has 2 rings (SSSR count). The van der Waals surface area contributed by atoms with E-state index in [1.54, 1.807) is 0 Å². The van der Waals surface area contributed by atoms with Gasteiger partial charge in [0.1, 0.15) is 0 Å². The molecule has 3 heteroatoms. The van der Waals surface area contributed by atoms with Crippen LogP contribution in [-0.4, -0.2) is 11.9 Å². The smallest absolute Gasteiger partial charge is 0.241 e. The van der Waals surface area contributed by atoms with E-state index < -0.39 is 6.04 Å². The van der Waals surface area contributed by atoms with Gasteiger partial charge in [-0.2, -0.15) is 0 Å². The van der Waals surface area contributed by atoms with Crippen LogP contribution < -0.4 is 11.1 Å². The molecule has 0 aromatic heterocycles.